The summed E-state index contributed by atoms with van der Waals surface area (Å²) >= 11 is 4.57. The molecule has 0 spiro atoms. The van der Waals surface area contributed by atoms with E-state index in [9.17, 15) is 4.79 Å². The Balaban J connectivity index is 1.96. The van der Waals surface area contributed by atoms with Gasteiger partial charge in [0.1, 0.15) is 6.33 Å². The lowest BCUT2D eigenvalue weighted by molar-refractivity contribution is -0.115. The number of rotatable bonds is 4. The molecule has 0 aliphatic rings. The zero-order valence-corrected chi connectivity index (χ0v) is 13.0. The minimum atomic E-state index is -0.347. The summed E-state index contributed by atoms with van der Waals surface area (Å²) in [5.41, 5.74) is 6.20. The van der Waals surface area contributed by atoms with E-state index in [1.807, 2.05) is 24.3 Å². The molecule has 6 nitrogen and oxygen atoms in total. The van der Waals surface area contributed by atoms with E-state index in [2.05, 4.69) is 36.2 Å². The quantitative estimate of drug-likeness (QED) is 0.819. The third-order valence-corrected chi connectivity index (χ3v) is 3.84. The fourth-order valence-electron chi connectivity index (χ4n) is 1.34. The molecule has 0 fully saturated rings. The van der Waals surface area contributed by atoms with Crippen molar-refractivity contribution in [1.29, 1.82) is 0 Å². The van der Waals surface area contributed by atoms with Gasteiger partial charge >= 0.3 is 0 Å². The summed E-state index contributed by atoms with van der Waals surface area (Å²) in [6, 6.07) is 7.36. The number of nitrogens with zero attached hydrogens (tertiary/aromatic N) is 3. The average molecular weight is 354 g/mol. The van der Waals surface area contributed by atoms with Crippen LogP contribution in [0.3, 0.4) is 0 Å². The van der Waals surface area contributed by atoms with Crippen molar-refractivity contribution in [2.45, 2.75) is 17.3 Å². The molecule has 20 heavy (non-hydrogen) atoms. The van der Waals surface area contributed by atoms with E-state index in [-0.39, 0.29) is 17.1 Å². The van der Waals surface area contributed by atoms with E-state index >= 15 is 0 Å². The van der Waals surface area contributed by atoms with Crippen molar-refractivity contribution in [3.8, 4) is 0 Å². The predicted molar refractivity (Wildman–Crippen MR) is 82.3 cm³/mol. The van der Waals surface area contributed by atoms with Crippen LogP contribution in [-0.4, -0.2) is 26.1 Å². The summed E-state index contributed by atoms with van der Waals surface area (Å²) in [7, 11) is 0. The molecule has 0 bridgehead atoms. The highest BCUT2D eigenvalue weighted by Crippen LogP contribution is 2.21. The van der Waals surface area contributed by atoms with Crippen LogP contribution in [0.1, 0.15) is 6.92 Å². The number of hydrogen-bond acceptors (Lipinski definition) is 6. The van der Waals surface area contributed by atoms with Crippen molar-refractivity contribution < 1.29 is 4.79 Å². The van der Waals surface area contributed by atoms with Crippen LogP contribution in [0.25, 0.3) is 0 Å². The number of hydrogen-bond donors (Lipinski definition) is 2. The zero-order valence-electron chi connectivity index (χ0n) is 10.6. The number of halogens is 1. The highest BCUT2D eigenvalue weighted by molar-refractivity contribution is 9.10. The molecule has 3 N–H and O–H groups in total. The van der Waals surface area contributed by atoms with Gasteiger partial charge in [-0.2, -0.15) is 4.98 Å². The molecule has 1 atom stereocenters. The third-order valence-electron chi connectivity index (χ3n) is 2.33. The minimum Gasteiger partial charge on any atom is -0.368 e. The first-order valence-electron chi connectivity index (χ1n) is 5.72. The Morgan fingerprint density at radius 3 is 2.70 bits per heavy atom. The molecule has 0 aliphatic carbocycles. The molecule has 2 rings (SSSR count). The number of anilines is 2. The van der Waals surface area contributed by atoms with Crippen LogP contribution in [0.2, 0.25) is 0 Å². The summed E-state index contributed by atoms with van der Waals surface area (Å²) in [5, 5.41) is 2.90. The van der Waals surface area contributed by atoms with Gasteiger partial charge in [0, 0.05) is 10.2 Å². The van der Waals surface area contributed by atoms with Gasteiger partial charge in [0.2, 0.25) is 11.9 Å². The van der Waals surface area contributed by atoms with Gasteiger partial charge in [-0.25, -0.2) is 9.97 Å². The van der Waals surface area contributed by atoms with E-state index < -0.39 is 0 Å². The number of carbonyl (C=O) groups excluding carboxylic acids is 1. The Kier molecular flexibility index (Phi) is 4.91. The van der Waals surface area contributed by atoms with Crippen LogP contribution in [0.15, 0.2) is 40.2 Å². The van der Waals surface area contributed by atoms with E-state index in [1.165, 1.54) is 18.1 Å². The van der Waals surface area contributed by atoms with Gasteiger partial charge in [-0.15, -0.1) is 0 Å². The molecule has 0 radical (unpaired) electrons. The maximum Gasteiger partial charge on any atom is 0.237 e. The molecule has 1 aromatic heterocycles. The van der Waals surface area contributed by atoms with Crippen LogP contribution < -0.4 is 11.1 Å². The molecule has 1 aromatic carbocycles. The van der Waals surface area contributed by atoms with Crippen molar-refractivity contribution in [2.24, 2.45) is 0 Å². The SMILES string of the molecule is CC(Sc1ncnc(N)n1)C(=O)Nc1ccc(Br)cc1. The lowest BCUT2D eigenvalue weighted by Crippen LogP contribution is -2.22. The molecule has 0 saturated heterocycles. The van der Waals surface area contributed by atoms with Crippen molar-refractivity contribution >= 4 is 45.2 Å². The second kappa shape index (κ2) is 6.67. The number of aromatic nitrogens is 3. The first kappa shape index (κ1) is 14.7. The number of nitrogens with one attached hydrogen (secondary N) is 1. The molecule has 1 unspecified atom stereocenters. The molecule has 0 saturated carbocycles. The zero-order chi connectivity index (χ0) is 14.5. The van der Waals surface area contributed by atoms with Gasteiger partial charge in [0.05, 0.1) is 5.25 Å². The highest BCUT2D eigenvalue weighted by Gasteiger charge is 2.16. The molecule has 1 amide bonds. The van der Waals surface area contributed by atoms with Crippen LogP contribution in [-0.2, 0) is 4.79 Å². The maximum absolute atomic E-state index is 12.0. The van der Waals surface area contributed by atoms with E-state index in [1.54, 1.807) is 6.92 Å². The Labute approximate surface area is 128 Å². The number of amides is 1. The van der Waals surface area contributed by atoms with Crippen molar-refractivity contribution in [2.75, 3.05) is 11.1 Å². The molecule has 0 aliphatic heterocycles. The summed E-state index contributed by atoms with van der Waals surface area (Å²) in [4.78, 5) is 23.6. The predicted octanol–water partition coefficient (Wildman–Crippen LogP) is 2.34. The highest BCUT2D eigenvalue weighted by atomic mass is 79.9. The minimum absolute atomic E-state index is 0.128. The number of carbonyl (C=O) groups is 1. The summed E-state index contributed by atoms with van der Waals surface area (Å²) in [5.74, 6) is 0.0133. The fraction of sp³-hybridized carbons (Fsp3) is 0.167. The van der Waals surface area contributed by atoms with Gasteiger partial charge in [-0.3, -0.25) is 4.79 Å². The van der Waals surface area contributed by atoms with Crippen LogP contribution in [0.4, 0.5) is 11.6 Å². The Morgan fingerprint density at radius 1 is 1.35 bits per heavy atom. The number of benzene rings is 1. The van der Waals surface area contributed by atoms with Crippen LogP contribution >= 0.6 is 27.7 Å². The summed E-state index contributed by atoms with van der Waals surface area (Å²) < 4.78 is 0.957. The molecular weight excluding hydrogens is 342 g/mol. The average Bonchev–Trinajstić information content (AvgIpc) is 2.41. The first-order valence-corrected chi connectivity index (χ1v) is 7.39. The van der Waals surface area contributed by atoms with E-state index in [4.69, 9.17) is 5.73 Å². The van der Waals surface area contributed by atoms with Gasteiger partial charge in [0.25, 0.3) is 0 Å². The summed E-state index contributed by atoms with van der Waals surface area (Å²) in [6.07, 6.45) is 1.32. The fourth-order valence-corrected chi connectivity index (χ4v) is 2.34. The van der Waals surface area contributed by atoms with Gasteiger partial charge in [0.15, 0.2) is 5.16 Å². The summed E-state index contributed by atoms with van der Waals surface area (Å²) in [6.45, 7) is 1.78. The molecule has 8 heteroatoms. The first-order chi connectivity index (χ1) is 9.54. The van der Waals surface area contributed by atoms with Crippen molar-refractivity contribution in [1.82, 2.24) is 15.0 Å². The maximum atomic E-state index is 12.0. The third kappa shape index (κ3) is 4.17. The largest absolute Gasteiger partial charge is 0.368 e. The Morgan fingerprint density at radius 2 is 2.05 bits per heavy atom. The molecule has 104 valence electrons. The Bertz CT molecular complexity index is 607. The number of nitrogens with two attached hydrogens (primary N) is 1. The number of nitrogen functional groups attached to an aromatic ring is 1. The molecule has 2 aromatic rings. The van der Waals surface area contributed by atoms with Gasteiger partial charge in [-0.1, -0.05) is 27.7 Å². The van der Waals surface area contributed by atoms with Crippen molar-refractivity contribution in [3.63, 3.8) is 0 Å². The van der Waals surface area contributed by atoms with Crippen LogP contribution in [0.5, 0.6) is 0 Å². The second-order valence-corrected chi connectivity index (χ2v) is 6.11. The standard InChI is InChI=1S/C12H12BrN5OS/c1-7(20-12-16-6-15-11(14)18-12)10(19)17-9-4-2-8(13)3-5-9/h2-7H,1H3,(H,17,19)(H2,14,15,16,18). The van der Waals surface area contributed by atoms with Gasteiger partial charge < -0.3 is 11.1 Å². The normalized spacial score (nSPS) is 11.9. The lowest BCUT2D eigenvalue weighted by Gasteiger charge is -2.11. The lowest BCUT2D eigenvalue weighted by atomic mass is 10.3. The van der Waals surface area contributed by atoms with E-state index in [0.29, 0.717) is 5.16 Å². The second-order valence-electron chi connectivity index (χ2n) is 3.88. The van der Waals surface area contributed by atoms with Crippen LogP contribution in [0, 0.1) is 0 Å². The molecular formula is C12H12BrN5OS. The molecule has 1 heterocycles. The van der Waals surface area contributed by atoms with Crippen molar-refractivity contribution in [3.05, 3.63) is 35.1 Å². The van der Waals surface area contributed by atoms with Gasteiger partial charge in [-0.05, 0) is 31.2 Å². The number of thioether (sulfide) groups is 1. The topological polar surface area (TPSA) is 93.8 Å². The smallest absolute Gasteiger partial charge is 0.237 e. The monoisotopic (exact) mass is 353 g/mol. The van der Waals surface area contributed by atoms with E-state index in [0.717, 1.165) is 10.2 Å². The Hall–Kier alpha value is -1.67.